The molecule has 1 atom stereocenters. The van der Waals surface area contributed by atoms with E-state index in [9.17, 15) is 4.79 Å². The molecule has 1 saturated heterocycles. The average Bonchev–Trinajstić information content (AvgIpc) is 2.45. The predicted molar refractivity (Wildman–Crippen MR) is 69.3 cm³/mol. The van der Waals surface area contributed by atoms with Gasteiger partial charge in [-0.3, -0.25) is 0 Å². The van der Waals surface area contributed by atoms with Crippen molar-refractivity contribution in [3.63, 3.8) is 0 Å². The van der Waals surface area contributed by atoms with Crippen LogP contribution in [0.3, 0.4) is 0 Å². The van der Waals surface area contributed by atoms with Gasteiger partial charge in [0.2, 0.25) is 0 Å². The summed E-state index contributed by atoms with van der Waals surface area (Å²) >= 11 is 0. The molecule has 0 spiro atoms. The van der Waals surface area contributed by atoms with Gasteiger partial charge < -0.3 is 9.64 Å². The summed E-state index contributed by atoms with van der Waals surface area (Å²) < 4.78 is 5.46. The van der Waals surface area contributed by atoms with E-state index in [4.69, 9.17) is 4.74 Å². The van der Waals surface area contributed by atoms with Crippen molar-refractivity contribution in [3.05, 3.63) is 0 Å². The topological polar surface area (TPSA) is 29.5 Å². The second-order valence-corrected chi connectivity index (χ2v) is 12.1. The van der Waals surface area contributed by atoms with E-state index in [0.29, 0.717) is 5.67 Å². The number of carbonyl (C=O) groups excluding carboxylic acids is 1. The number of rotatable bonds is 1. The molecule has 1 fully saturated rings. The van der Waals surface area contributed by atoms with Gasteiger partial charge in [0.25, 0.3) is 0 Å². The lowest BCUT2D eigenvalue weighted by Crippen LogP contribution is -2.51. The lowest BCUT2D eigenvalue weighted by atomic mass is 10.2. The Bertz CT molecular complexity index is 265. The minimum atomic E-state index is -1.30. The Labute approximate surface area is 100 Å². The standard InChI is InChI=1S/C12H25NO2Si/c1-12(2,3)15-11(14)13-9-7-8-10(13)16(4,5)6/h10H,7-9H2,1-6H3/t10-/m1/s1. The largest absolute Gasteiger partial charge is 0.444 e. The molecule has 3 nitrogen and oxygen atoms in total. The highest BCUT2D eigenvalue weighted by atomic mass is 28.3. The first-order valence-electron chi connectivity index (χ1n) is 6.11. The third-order valence-corrected chi connectivity index (χ3v) is 5.48. The fraction of sp³-hybridized carbons (Fsp3) is 0.917. The Balaban J connectivity index is 2.69. The Morgan fingerprint density at radius 3 is 2.31 bits per heavy atom. The zero-order valence-corrected chi connectivity index (χ0v) is 12.5. The summed E-state index contributed by atoms with van der Waals surface area (Å²) in [4.78, 5) is 14.0. The second-order valence-electron chi connectivity index (χ2n) is 6.70. The third-order valence-electron chi connectivity index (χ3n) is 2.88. The van der Waals surface area contributed by atoms with Gasteiger partial charge in [0, 0.05) is 12.2 Å². The lowest BCUT2D eigenvalue weighted by molar-refractivity contribution is 0.0267. The van der Waals surface area contributed by atoms with Crippen molar-refractivity contribution in [1.82, 2.24) is 4.90 Å². The molecule has 0 aromatic carbocycles. The molecule has 16 heavy (non-hydrogen) atoms. The fourth-order valence-electron chi connectivity index (χ4n) is 2.21. The van der Waals surface area contributed by atoms with Crippen LogP contribution >= 0.6 is 0 Å². The summed E-state index contributed by atoms with van der Waals surface area (Å²) in [6.07, 6.45) is 2.14. The van der Waals surface area contributed by atoms with Crippen LogP contribution in [0.1, 0.15) is 33.6 Å². The summed E-state index contributed by atoms with van der Waals surface area (Å²) in [5.74, 6) is 0. The molecule has 1 aliphatic rings. The van der Waals surface area contributed by atoms with Crippen molar-refractivity contribution >= 4 is 14.2 Å². The number of carbonyl (C=O) groups is 1. The van der Waals surface area contributed by atoms with Gasteiger partial charge in [-0.25, -0.2) is 4.79 Å². The molecule has 94 valence electrons. The summed E-state index contributed by atoms with van der Waals surface area (Å²) in [6, 6.07) is 0. The third kappa shape index (κ3) is 3.51. The van der Waals surface area contributed by atoms with Crippen molar-refractivity contribution in [2.24, 2.45) is 0 Å². The Morgan fingerprint density at radius 1 is 1.31 bits per heavy atom. The zero-order valence-electron chi connectivity index (χ0n) is 11.5. The van der Waals surface area contributed by atoms with Gasteiger partial charge in [-0.1, -0.05) is 19.6 Å². The van der Waals surface area contributed by atoms with Crippen LogP contribution in [-0.2, 0) is 4.74 Å². The van der Waals surface area contributed by atoms with E-state index >= 15 is 0 Å². The second kappa shape index (κ2) is 4.39. The van der Waals surface area contributed by atoms with E-state index in [0.717, 1.165) is 19.4 Å². The molecule has 0 aliphatic carbocycles. The molecule has 0 unspecified atom stereocenters. The van der Waals surface area contributed by atoms with Crippen molar-refractivity contribution < 1.29 is 9.53 Å². The van der Waals surface area contributed by atoms with Crippen LogP contribution in [0.15, 0.2) is 0 Å². The molecule has 0 aromatic rings. The number of hydrogen-bond acceptors (Lipinski definition) is 2. The van der Waals surface area contributed by atoms with Crippen LogP contribution in [0.4, 0.5) is 4.79 Å². The maximum Gasteiger partial charge on any atom is 0.410 e. The van der Waals surface area contributed by atoms with Gasteiger partial charge >= 0.3 is 6.09 Å². The summed E-state index contributed by atoms with van der Waals surface area (Å²) in [5, 5.41) is 0. The minimum absolute atomic E-state index is 0.127. The van der Waals surface area contributed by atoms with Crippen molar-refractivity contribution in [3.8, 4) is 0 Å². The van der Waals surface area contributed by atoms with E-state index in [2.05, 4.69) is 19.6 Å². The molecule has 1 rings (SSSR count). The van der Waals surface area contributed by atoms with E-state index in [1.165, 1.54) is 0 Å². The molecule has 0 radical (unpaired) electrons. The zero-order chi connectivity index (χ0) is 12.6. The number of hydrogen-bond donors (Lipinski definition) is 0. The molecular formula is C12H25NO2Si. The molecule has 0 aromatic heterocycles. The monoisotopic (exact) mass is 243 g/mol. The SMILES string of the molecule is CC(C)(C)OC(=O)N1CCC[C@H]1[Si](C)(C)C. The quantitative estimate of drug-likeness (QED) is 0.662. The van der Waals surface area contributed by atoms with Gasteiger partial charge in [-0.15, -0.1) is 0 Å². The highest BCUT2D eigenvalue weighted by Crippen LogP contribution is 2.27. The van der Waals surface area contributed by atoms with E-state index in [1.807, 2.05) is 25.7 Å². The molecule has 1 heterocycles. The van der Waals surface area contributed by atoms with E-state index < -0.39 is 8.07 Å². The molecule has 0 N–H and O–H groups in total. The van der Waals surface area contributed by atoms with Crippen LogP contribution in [0.2, 0.25) is 19.6 Å². The molecule has 0 bridgehead atoms. The predicted octanol–water partition coefficient (Wildman–Crippen LogP) is 3.26. The van der Waals surface area contributed by atoms with Crippen LogP contribution in [-0.4, -0.2) is 36.9 Å². The van der Waals surface area contributed by atoms with Crippen LogP contribution < -0.4 is 0 Å². The van der Waals surface area contributed by atoms with Crippen molar-refractivity contribution in [2.45, 2.75) is 64.5 Å². The molecule has 0 saturated carbocycles. The van der Waals surface area contributed by atoms with Gasteiger partial charge in [0.05, 0.1) is 8.07 Å². The Hall–Kier alpha value is -0.513. The normalized spacial score (nSPS) is 22.4. The van der Waals surface area contributed by atoms with Gasteiger partial charge in [0.1, 0.15) is 5.60 Å². The summed E-state index contributed by atoms with van der Waals surface area (Å²) in [5.41, 5.74) is 0.0614. The lowest BCUT2D eigenvalue weighted by Gasteiger charge is -2.34. The first-order chi connectivity index (χ1) is 7.11. The number of likely N-dealkylation sites (tertiary alicyclic amines) is 1. The Kier molecular flexibility index (Phi) is 3.72. The minimum Gasteiger partial charge on any atom is -0.444 e. The highest BCUT2D eigenvalue weighted by molar-refractivity contribution is 6.77. The average molecular weight is 243 g/mol. The van der Waals surface area contributed by atoms with E-state index in [1.54, 1.807) is 0 Å². The molecule has 1 amide bonds. The van der Waals surface area contributed by atoms with Crippen molar-refractivity contribution in [2.75, 3.05) is 6.54 Å². The van der Waals surface area contributed by atoms with Gasteiger partial charge in [-0.2, -0.15) is 0 Å². The number of ether oxygens (including phenoxy) is 1. The Morgan fingerprint density at radius 2 is 1.88 bits per heavy atom. The molecule has 1 aliphatic heterocycles. The maximum absolute atomic E-state index is 12.0. The van der Waals surface area contributed by atoms with Gasteiger partial charge in [-0.05, 0) is 33.6 Å². The molecular weight excluding hydrogens is 218 g/mol. The smallest absolute Gasteiger partial charge is 0.410 e. The first-order valence-corrected chi connectivity index (χ1v) is 9.68. The van der Waals surface area contributed by atoms with Crippen LogP contribution in [0, 0.1) is 0 Å². The number of amides is 1. The van der Waals surface area contributed by atoms with Crippen LogP contribution in [0.25, 0.3) is 0 Å². The van der Waals surface area contributed by atoms with Gasteiger partial charge in [0.15, 0.2) is 0 Å². The summed E-state index contributed by atoms with van der Waals surface area (Å²) in [6.45, 7) is 13.6. The highest BCUT2D eigenvalue weighted by Gasteiger charge is 2.39. The van der Waals surface area contributed by atoms with Crippen molar-refractivity contribution in [1.29, 1.82) is 0 Å². The first kappa shape index (κ1) is 13.6. The molecule has 4 heteroatoms. The maximum atomic E-state index is 12.0. The number of nitrogens with zero attached hydrogens (tertiary/aromatic N) is 1. The van der Waals surface area contributed by atoms with Crippen LogP contribution in [0.5, 0.6) is 0 Å². The summed E-state index contributed by atoms with van der Waals surface area (Å²) in [7, 11) is -1.30. The fourth-order valence-corrected chi connectivity index (χ4v) is 4.45. The van der Waals surface area contributed by atoms with E-state index in [-0.39, 0.29) is 11.7 Å².